The van der Waals surface area contributed by atoms with Crippen molar-refractivity contribution in [3.8, 4) is 11.3 Å². The Morgan fingerprint density at radius 1 is 1.15 bits per heavy atom. The Hall–Kier alpha value is -2.43. The largest absolute Gasteiger partial charge is 0.353 e. The van der Waals surface area contributed by atoms with Gasteiger partial charge in [0, 0.05) is 24.1 Å². The summed E-state index contributed by atoms with van der Waals surface area (Å²) in [7, 11) is 0. The van der Waals surface area contributed by atoms with Crippen LogP contribution >= 0.6 is 0 Å². The van der Waals surface area contributed by atoms with Crippen molar-refractivity contribution in [2.45, 2.75) is 58.5 Å². The van der Waals surface area contributed by atoms with E-state index in [9.17, 15) is 9.59 Å². The monoisotopic (exact) mass is 353 g/mol. The molecule has 1 saturated carbocycles. The third-order valence-corrected chi connectivity index (χ3v) is 5.22. The summed E-state index contributed by atoms with van der Waals surface area (Å²) in [5, 5.41) is 7.56. The molecule has 3 rings (SSSR count). The Labute approximate surface area is 154 Å². The van der Waals surface area contributed by atoms with E-state index < -0.39 is 0 Å². The average Bonchev–Trinajstić information content (AvgIpc) is 2.64. The maximum atomic E-state index is 12.3. The SMILES string of the molecule is Cc1ccc(-c2ccc(=O)n(CCC(=O)N[C@H]3CCCC[C@@H]3C)n2)cc1. The molecule has 5 heteroatoms. The fourth-order valence-corrected chi connectivity index (χ4v) is 3.50. The van der Waals surface area contributed by atoms with E-state index in [4.69, 9.17) is 0 Å². The zero-order valence-corrected chi connectivity index (χ0v) is 15.6. The molecule has 0 spiro atoms. The predicted molar refractivity (Wildman–Crippen MR) is 103 cm³/mol. The normalized spacial score (nSPS) is 19.9. The van der Waals surface area contributed by atoms with Gasteiger partial charge >= 0.3 is 0 Å². The van der Waals surface area contributed by atoms with Crippen molar-refractivity contribution < 1.29 is 4.79 Å². The highest BCUT2D eigenvalue weighted by Gasteiger charge is 2.22. The van der Waals surface area contributed by atoms with E-state index in [0.717, 1.165) is 17.7 Å². The molecule has 2 aromatic rings. The molecule has 0 aliphatic heterocycles. The first-order chi connectivity index (χ1) is 12.5. The molecule has 0 saturated heterocycles. The molecule has 1 aliphatic carbocycles. The minimum Gasteiger partial charge on any atom is -0.353 e. The highest BCUT2D eigenvalue weighted by molar-refractivity contribution is 5.76. The van der Waals surface area contributed by atoms with Crippen LogP contribution in [0.15, 0.2) is 41.2 Å². The second-order valence-electron chi connectivity index (χ2n) is 7.33. The molecule has 0 bridgehead atoms. The fourth-order valence-electron chi connectivity index (χ4n) is 3.50. The van der Waals surface area contributed by atoms with Gasteiger partial charge in [0.2, 0.25) is 5.91 Å². The summed E-state index contributed by atoms with van der Waals surface area (Å²) in [6.45, 7) is 4.52. The quantitative estimate of drug-likeness (QED) is 0.897. The van der Waals surface area contributed by atoms with Crippen LogP contribution in [0.25, 0.3) is 11.3 Å². The standard InChI is InChI=1S/C21H27N3O2/c1-15-7-9-17(10-8-15)19-11-12-21(26)24(23-19)14-13-20(25)22-18-6-4-3-5-16(18)2/h7-12,16,18H,3-6,13-14H2,1-2H3,(H,22,25)/t16-,18-/m0/s1. The Kier molecular flexibility index (Phi) is 5.86. The maximum absolute atomic E-state index is 12.3. The molecule has 1 aromatic carbocycles. The number of benzene rings is 1. The van der Waals surface area contributed by atoms with Crippen LogP contribution in [-0.2, 0) is 11.3 Å². The lowest BCUT2D eigenvalue weighted by molar-refractivity contribution is -0.122. The molecule has 5 nitrogen and oxygen atoms in total. The van der Waals surface area contributed by atoms with Crippen molar-refractivity contribution in [2.24, 2.45) is 5.92 Å². The number of hydrogen-bond acceptors (Lipinski definition) is 3. The van der Waals surface area contributed by atoms with Gasteiger partial charge in [0.1, 0.15) is 0 Å². The second-order valence-corrected chi connectivity index (χ2v) is 7.33. The van der Waals surface area contributed by atoms with Gasteiger partial charge in [-0.15, -0.1) is 0 Å². The van der Waals surface area contributed by atoms with Gasteiger partial charge < -0.3 is 5.32 Å². The predicted octanol–water partition coefficient (Wildman–Crippen LogP) is 3.30. The van der Waals surface area contributed by atoms with E-state index in [-0.39, 0.29) is 23.9 Å². The maximum Gasteiger partial charge on any atom is 0.266 e. The third kappa shape index (κ3) is 4.59. The first-order valence-corrected chi connectivity index (χ1v) is 9.47. The summed E-state index contributed by atoms with van der Waals surface area (Å²) in [5.41, 5.74) is 2.70. The van der Waals surface area contributed by atoms with Gasteiger partial charge in [-0.25, -0.2) is 4.68 Å². The number of carbonyl (C=O) groups excluding carboxylic acids is 1. The van der Waals surface area contributed by atoms with Crippen molar-refractivity contribution in [1.82, 2.24) is 15.1 Å². The number of carbonyl (C=O) groups is 1. The Morgan fingerprint density at radius 2 is 1.88 bits per heavy atom. The molecule has 26 heavy (non-hydrogen) atoms. The molecule has 138 valence electrons. The molecule has 1 N–H and O–H groups in total. The van der Waals surface area contributed by atoms with Gasteiger partial charge in [-0.2, -0.15) is 5.10 Å². The van der Waals surface area contributed by atoms with Crippen LogP contribution < -0.4 is 10.9 Å². The highest BCUT2D eigenvalue weighted by atomic mass is 16.2. The van der Waals surface area contributed by atoms with Crippen LogP contribution in [0.2, 0.25) is 0 Å². The van der Waals surface area contributed by atoms with E-state index >= 15 is 0 Å². The van der Waals surface area contributed by atoms with Gasteiger partial charge in [-0.3, -0.25) is 9.59 Å². The van der Waals surface area contributed by atoms with Crippen molar-refractivity contribution in [1.29, 1.82) is 0 Å². The van der Waals surface area contributed by atoms with E-state index in [1.54, 1.807) is 6.07 Å². The number of amides is 1. The van der Waals surface area contributed by atoms with Crippen molar-refractivity contribution in [3.63, 3.8) is 0 Å². The lowest BCUT2D eigenvalue weighted by atomic mass is 9.86. The molecule has 1 heterocycles. The van der Waals surface area contributed by atoms with Crippen molar-refractivity contribution >= 4 is 5.91 Å². The van der Waals surface area contributed by atoms with Gasteiger partial charge in [-0.05, 0) is 31.7 Å². The number of aryl methyl sites for hydroxylation is 2. The van der Waals surface area contributed by atoms with Gasteiger partial charge in [0.25, 0.3) is 5.56 Å². The summed E-state index contributed by atoms with van der Waals surface area (Å²) in [4.78, 5) is 24.4. The molecular formula is C21H27N3O2. The Balaban J connectivity index is 1.64. The van der Waals surface area contributed by atoms with E-state index in [0.29, 0.717) is 12.5 Å². The van der Waals surface area contributed by atoms with Crippen LogP contribution in [0.4, 0.5) is 0 Å². The molecule has 1 aliphatic rings. The van der Waals surface area contributed by atoms with Crippen LogP contribution in [0, 0.1) is 12.8 Å². The van der Waals surface area contributed by atoms with E-state index in [1.807, 2.05) is 31.2 Å². The topological polar surface area (TPSA) is 64.0 Å². The molecule has 1 fully saturated rings. The summed E-state index contributed by atoms with van der Waals surface area (Å²) in [5.74, 6) is 0.525. The van der Waals surface area contributed by atoms with Gasteiger partial charge in [0.15, 0.2) is 0 Å². The lowest BCUT2D eigenvalue weighted by Gasteiger charge is -2.29. The number of aromatic nitrogens is 2. The molecule has 1 aromatic heterocycles. The number of nitrogens with one attached hydrogen (secondary N) is 1. The summed E-state index contributed by atoms with van der Waals surface area (Å²) in [6.07, 6.45) is 4.92. The van der Waals surface area contributed by atoms with E-state index in [1.165, 1.54) is 35.6 Å². The van der Waals surface area contributed by atoms with Crippen molar-refractivity contribution in [2.75, 3.05) is 0 Å². The lowest BCUT2D eigenvalue weighted by Crippen LogP contribution is -2.41. The van der Waals surface area contributed by atoms with Crippen LogP contribution in [-0.4, -0.2) is 21.7 Å². The highest BCUT2D eigenvalue weighted by Crippen LogP contribution is 2.23. The molecule has 0 radical (unpaired) electrons. The second kappa shape index (κ2) is 8.30. The zero-order chi connectivity index (χ0) is 18.5. The van der Waals surface area contributed by atoms with Crippen LogP contribution in [0.1, 0.15) is 44.6 Å². The smallest absolute Gasteiger partial charge is 0.266 e. The Morgan fingerprint density at radius 3 is 2.62 bits per heavy atom. The molecule has 0 unspecified atom stereocenters. The molecule has 1 amide bonds. The van der Waals surface area contributed by atoms with Crippen molar-refractivity contribution in [3.05, 3.63) is 52.3 Å². The van der Waals surface area contributed by atoms with Crippen LogP contribution in [0.5, 0.6) is 0 Å². The number of rotatable bonds is 5. The molecular weight excluding hydrogens is 326 g/mol. The zero-order valence-electron chi connectivity index (χ0n) is 15.6. The van der Waals surface area contributed by atoms with E-state index in [2.05, 4.69) is 17.3 Å². The summed E-state index contributed by atoms with van der Waals surface area (Å²) >= 11 is 0. The number of hydrogen-bond donors (Lipinski definition) is 1. The van der Waals surface area contributed by atoms with Gasteiger partial charge in [0.05, 0.1) is 12.2 Å². The summed E-state index contributed by atoms with van der Waals surface area (Å²) in [6, 6.07) is 11.5. The Bertz CT molecular complexity index is 811. The van der Waals surface area contributed by atoms with Gasteiger partial charge in [-0.1, -0.05) is 49.6 Å². The summed E-state index contributed by atoms with van der Waals surface area (Å²) < 4.78 is 1.39. The fraction of sp³-hybridized carbons (Fsp3) is 0.476. The van der Waals surface area contributed by atoms with Crippen LogP contribution in [0.3, 0.4) is 0 Å². The first-order valence-electron chi connectivity index (χ1n) is 9.47. The number of nitrogens with zero attached hydrogens (tertiary/aromatic N) is 2. The minimum absolute atomic E-state index is 0.00168. The first kappa shape index (κ1) is 18.4. The minimum atomic E-state index is -0.181. The third-order valence-electron chi connectivity index (χ3n) is 5.22. The average molecular weight is 353 g/mol. The molecule has 2 atom stereocenters.